The zero-order valence-electron chi connectivity index (χ0n) is 32.7. The molecule has 0 aliphatic heterocycles. The highest BCUT2D eigenvalue weighted by atomic mass is 16.5. The van der Waals surface area contributed by atoms with Crippen LogP contribution in [-0.2, 0) is 14.3 Å². The van der Waals surface area contributed by atoms with Gasteiger partial charge in [-0.25, -0.2) is 0 Å². The number of allylic oxidation sites excluding steroid dienone is 1. The molecular formula is C43H83NO5. The summed E-state index contributed by atoms with van der Waals surface area (Å²) in [4.78, 5) is 24.3. The van der Waals surface area contributed by atoms with E-state index in [0.29, 0.717) is 19.4 Å². The van der Waals surface area contributed by atoms with E-state index in [1.165, 1.54) is 141 Å². The third-order valence-corrected chi connectivity index (χ3v) is 9.81. The van der Waals surface area contributed by atoms with Gasteiger partial charge in [0.25, 0.3) is 0 Å². The lowest BCUT2D eigenvalue weighted by molar-refractivity contribution is -0.143. The van der Waals surface area contributed by atoms with Crippen LogP contribution in [0.5, 0.6) is 0 Å². The number of ether oxygens (including phenoxy) is 1. The Morgan fingerprint density at radius 1 is 0.551 bits per heavy atom. The van der Waals surface area contributed by atoms with Crippen molar-refractivity contribution in [3.05, 3.63) is 12.2 Å². The van der Waals surface area contributed by atoms with Crippen LogP contribution in [0, 0.1) is 0 Å². The molecule has 2 atom stereocenters. The molecule has 6 heteroatoms. The number of unbranched alkanes of at least 4 members (excludes halogenated alkanes) is 28. The number of carbonyl (C=O) groups excluding carboxylic acids is 2. The number of nitrogens with one attached hydrogen (secondary N) is 1. The van der Waals surface area contributed by atoms with Crippen molar-refractivity contribution < 1.29 is 24.5 Å². The molecule has 0 saturated carbocycles. The minimum atomic E-state index is -0.858. The Kier molecular flexibility index (Phi) is 38.3. The second-order valence-corrected chi connectivity index (χ2v) is 14.7. The highest BCUT2D eigenvalue weighted by Gasteiger charge is 2.18. The summed E-state index contributed by atoms with van der Waals surface area (Å²) in [6.45, 7) is 4.81. The zero-order valence-corrected chi connectivity index (χ0v) is 32.7. The van der Waals surface area contributed by atoms with E-state index in [9.17, 15) is 19.8 Å². The molecule has 2 unspecified atom stereocenters. The maximum atomic E-state index is 12.3. The molecular weight excluding hydrogens is 610 g/mol. The van der Waals surface area contributed by atoms with Crippen molar-refractivity contribution in [2.75, 3.05) is 13.2 Å². The first-order chi connectivity index (χ1) is 24.0. The quantitative estimate of drug-likeness (QED) is 0.0338. The molecule has 0 radical (unpaired) electrons. The number of rotatable bonds is 39. The largest absolute Gasteiger partial charge is 0.466 e. The van der Waals surface area contributed by atoms with Crippen molar-refractivity contribution in [2.45, 2.75) is 238 Å². The molecule has 0 fully saturated rings. The van der Waals surface area contributed by atoms with Crippen LogP contribution in [0.15, 0.2) is 12.2 Å². The number of carbonyl (C=O) groups is 2. The summed E-state index contributed by atoms with van der Waals surface area (Å²) in [7, 11) is 0. The van der Waals surface area contributed by atoms with E-state index in [1.807, 2.05) is 6.08 Å². The maximum Gasteiger partial charge on any atom is 0.305 e. The normalized spacial score (nSPS) is 12.8. The number of hydrogen-bond acceptors (Lipinski definition) is 5. The predicted molar refractivity (Wildman–Crippen MR) is 209 cm³/mol. The van der Waals surface area contributed by atoms with Gasteiger partial charge >= 0.3 is 5.97 Å². The van der Waals surface area contributed by atoms with Crippen molar-refractivity contribution in [1.82, 2.24) is 5.32 Å². The Bertz CT molecular complexity index is 727. The number of esters is 1. The Labute approximate surface area is 304 Å². The van der Waals surface area contributed by atoms with Gasteiger partial charge in [0.2, 0.25) is 5.91 Å². The van der Waals surface area contributed by atoms with Crippen LogP contribution in [0.4, 0.5) is 0 Å². The van der Waals surface area contributed by atoms with Crippen LogP contribution in [0.1, 0.15) is 226 Å². The van der Waals surface area contributed by atoms with Crippen LogP contribution < -0.4 is 5.32 Å². The molecule has 6 nitrogen and oxygen atoms in total. The lowest BCUT2D eigenvalue weighted by Crippen LogP contribution is -2.45. The van der Waals surface area contributed by atoms with Crippen LogP contribution >= 0.6 is 0 Å². The van der Waals surface area contributed by atoms with Crippen LogP contribution in [0.25, 0.3) is 0 Å². The summed E-state index contributed by atoms with van der Waals surface area (Å²) in [6, 6.07) is -0.644. The smallest absolute Gasteiger partial charge is 0.305 e. The SMILES string of the molecule is CCCCCCCCCCC/C=C/C(O)C(CO)NC(=O)CCCCCCCCCCCOC(=O)CCCCCCCCCCCCCC. The van der Waals surface area contributed by atoms with Gasteiger partial charge in [0.15, 0.2) is 0 Å². The van der Waals surface area contributed by atoms with Crippen LogP contribution in [0.2, 0.25) is 0 Å². The number of amides is 1. The van der Waals surface area contributed by atoms with Gasteiger partial charge in [-0.3, -0.25) is 9.59 Å². The van der Waals surface area contributed by atoms with Gasteiger partial charge in [-0.15, -0.1) is 0 Å². The summed E-state index contributed by atoms with van der Waals surface area (Å²) < 4.78 is 5.42. The third kappa shape index (κ3) is 36.2. The fraction of sp³-hybridized carbons (Fsp3) is 0.907. The van der Waals surface area contributed by atoms with Crippen molar-refractivity contribution in [2.24, 2.45) is 0 Å². The van der Waals surface area contributed by atoms with Crippen molar-refractivity contribution in [1.29, 1.82) is 0 Å². The molecule has 0 spiro atoms. The lowest BCUT2D eigenvalue weighted by Gasteiger charge is -2.20. The van der Waals surface area contributed by atoms with Gasteiger partial charge < -0.3 is 20.3 Å². The summed E-state index contributed by atoms with van der Waals surface area (Å²) in [6.07, 6.45) is 41.9. The molecule has 1 amide bonds. The van der Waals surface area contributed by atoms with Gasteiger partial charge in [-0.1, -0.05) is 193 Å². The highest BCUT2D eigenvalue weighted by Crippen LogP contribution is 2.14. The average Bonchev–Trinajstić information content (AvgIpc) is 3.10. The fourth-order valence-electron chi connectivity index (χ4n) is 6.45. The minimum Gasteiger partial charge on any atom is -0.466 e. The molecule has 0 aromatic rings. The Morgan fingerprint density at radius 3 is 1.39 bits per heavy atom. The molecule has 0 rings (SSSR count). The van der Waals surface area contributed by atoms with E-state index in [1.54, 1.807) is 6.08 Å². The van der Waals surface area contributed by atoms with Crippen LogP contribution in [0.3, 0.4) is 0 Å². The zero-order chi connectivity index (χ0) is 35.9. The van der Waals surface area contributed by atoms with E-state index in [-0.39, 0.29) is 18.5 Å². The summed E-state index contributed by atoms with van der Waals surface area (Å²) in [5.41, 5.74) is 0. The Balaban J connectivity index is 3.53. The summed E-state index contributed by atoms with van der Waals surface area (Å²) in [5.74, 6) is -0.125. The molecule has 3 N–H and O–H groups in total. The fourth-order valence-corrected chi connectivity index (χ4v) is 6.45. The maximum absolute atomic E-state index is 12.3. The third-order valence-electron chi connectivity index (χ3n) is 9.81. The van der Waals surface area contributed by atoms with Gasteiger partial charge in [-0.05, 0) is 32.1 Å². The van der Waals surface area contributed by atoms with Gasteiger partial charge in [-0.2, -0.15) is 0 Å². The van der Waals surface area contributed by atoms with E-state index < -0.39 is 12.1 Å². The first-order valence-electron chi connectivity index (χ1n) is 21.5. The molecule has 290 valence electrons. The first-order valence-corrected chi connectivity index (χ1v) is 21.5. The van der Waals surface area contributed by atoms with Gasteiger partial charge in [0, 0.05) is 12.8 Å². The molecule has 49 heavy (non-hydrogen) atoms. The lowest BCUT2D eigenvalue weighted by atomic mass is 10.0. The second-order valence-electron chi connectivity index (χ2n) is 14.7. The van der Waals surface area contributed by atoms with Crippen molar-refractivity contribution in [3.63, 3.8) is 0 Å². The molecule has 0 aromatic heterocycles. The van der Waals surface area contributed by atoms with Gasteiger partial charge in [0.05, 0.1) is 25.4 Å². The molecule has 0 aromatic carbocycles. The topological polar surface area (TPSA) is 95.9 Å². The standard InChI is InChI=1S/C43H83NO5/c1-3-5-7-9-11-13-15-17-21-25-29-33-37-43(48)49-38-34-30-26-22-18-20-24-28-32-36-42(47)44-40(39-45)41(46)35-31-27-23-19-16-14-12-10-8-6-4-2/h31,35,40-41,45-46H,3-30,32-34,36-39H2,1-2H3,(H,44,47)/b35-31+. The molecule has 0 aliphatic rings. The average molecular weight is 694 g/mol. The highest BCUT2D eigenvalue weighted by molar-refractivity contribution is 5.76. The van der Waals surface area contributed by atoms with Crippen molar-refractivity contribution >= 4 is 11.9 Å². The van der Waals surface area contributed by atoms with E-state index >= 15 is 0 Å². The number of aliphatic hydroxyl groups excluding tert-OH is 2. The van der Waals surface area contributed by atoms with E-state index in [4.69, 9.17) is 4.74 Å². The monoisotopic (exact) mass is 694 g/mol. The Hall–Kier alpha value is -1.40. The van der Waals surface area contributed by atoms with Crippen LogP contribution in [-0.4, -0.2) is 47.4 Å². The molecule has 0 heterocycles. The second kappa shape index (κ2) is 39.4. The first kappa shape index (κ1) is 47.6. The summed E-state index contributed by atoms with van der Waals surface area (Å²) in [5, 5.41) is 22.9. The molecule has 0 saturated heterocycles. The predicted octanol–water partition coefficient (Wildman–Crippen LogP) is 11.8. The van der Waals surface area contributed by atoms with Crippen molar-refractivity contribution in [3.8, 4) is 0 Å². The Morgan fingerprint density at radius 2 is 0.939 bits per heavy atom. The van der Waals surface area contributed by atoms with Gasteiger partial charge in [0.1, 0.15) is 0 Å². The molecule has 0 bridgehead atoms. The number of hydrogen-bond donors (Lipinski definition) is 3. The van der Waals surface area contributed by atoms with E-state index in [0.717, 1.165) is 57.8 Å². The van der Waals surface area contributed by atoms with E-state index in [2.05, 4.69) is 19.2 Å². The number of aliphatic hydroxyl groups is 2. The molecule has 0 aliphatic carbocycles. The summed E-state index contributed by atoms with van der Waals surface area (Å²) >= 11 is 0. The minimum absolute atomic E-state index is 0.0276.